The van der Waals surface area contributed by atoms with Gasteiger partial charge in [-0.2, -0.15) is 0 Å². The average Bonchev–Trinajstić information content (AvgIpc) is 2.46. The summed E-state index contributed by atoms with van der Waals surface area (Å²) in [5, 5.41) is 0. The van der Waals surface area contributed by atoms with Gasteiger partial charge in [-0.05, 0) is 44.2 Å². The van der Waals surface area contributed by atoms with Crippen LogP contribution in [0.4, 0.5) is 0 Å². The van der Waals surface area contributed by atoms with Gasteiger partial charge in [-0.1, -0.05) is 17.7 Å². The maximum Gasteiger partial charge on any atom is 0.0468 e. The molecule has 106 valence electrons. The molecule has 1 aliphatic heterocycles. The Hall–Kier alpha value is -0.550. The molecule has 0 amide bonds. The van der Waals surface area contributed by atoms with Crippen molar-refractivity contribution in [1.29, 1.82) is 0 Å². The van der Waals surface area contributed by atoms with Gasteiger partial charge >= 0.3 is 0 Å². The van der Waals surface area contributed by atoms with Crippen molar-refractivity contribution >= 4 is 11.8 Å². The monoisotopic (exact) mass is 280 g/mol. The fourth-order valence-electron chi connectivity index (χ4n) is 2.40. The lowest BCUT2D eigenvalue weighted by molar-refractivity contribution is 0.0613. The highest BCUT2D eigenvalue weighted by atomic mass is 32.2. The Balaban J connectivity index is 1.76. The molecule has 1 saturated heterocycles. The first-order valence-corrected chi connectivity index (χ1v) is 8.00. The quantitative estimate of drug-likeness (QED) is 0.478. The summed E-state index contributed by atoms with van der Waals surface area (Å²) in [5.41, 5.74) is 4.27. The summed E-state index contributed by atoms with van der Waals surface area (Å²) >= 11 is 1.88. The molecular formula is C15H24N2OS. The van der Waals surface area contributed by atoms with Crippen LogP contribution in [0.1, 0.15) is 24.8 Å². The van der Waals surface area contributed by atoms with Crippen molar-refractivity contribution < 1.29 is 4.74 Å². The van der Waals surface area contributed by atoms with E-state index < -0.39 is 0 Å². The highest BCUT2D eigenvalue weighted by Gasteiger charge is 2.18. The smallest absolute Gasteiger partial charge is 0.0468 e. The summed E-state index contributed by atoms with van der Waals surface area (Å²) < 4.78 is 5.40. The number of hydrazine groups is 1. The molecule has 0 bridgehead atoms. The Morgan fingerprint density at radius 2 is 2.00 bits per heavy atom. The van der Waals surface area contributed by atoms with Crippen LogP contribution in [0.2, 0.25) is 0 Å². The van der Waals surface area contributed by atoms with Crippen LogP contribution >= 0.6 is 11.8 Å². The molecule has 19 heavy (non-hydrogen) atoms. The fourth-order valence-corrected chi connectivity index (χ4v) is 3.35. The summed E-state index contributed by atoms with van der Waals surface area (Å²) in [5.74, 6) is 7.47. The zero-order valence-electron chi connectivity index (χ0n) is 11.6. The van der Waals surface area contributed by atoms with E-state index in [1.165, 1.54) is 23.3 Å². The van der Waals surface area contributed by atoms with Gasteiger partial charge in [-0.25, -0.2) is 0 Å². The summed E-state index contributed by atoms with van der Waals surface area (Å²) in [6, 6.07) is 9.07. The SMILES string of the molecule is Cc1ccc(SCC(CC2CCOCC2)NN)cc1. The Bertz CT molecular complexity index is 363. The lowest BCUT2D eigenvalue weighted by Crippen LogP contribution is -2.39. The first-order valence-electron chi connectivity index (χ1n) is 7.01. The third kappa shape index (κ3) is 5.15. The van der Waals surface area contributed by atoms with Gasteiger partial charge in [0, 0.05) is 29.9 Å². The maximum atomic E-state index is 5.68. The van der Waals surface area contributed by atoms with Gasteiger partial charge in [0.05, 0.1) is 0 Å². The molecule has 0 aliphatic carbocycles. The predicted molar refractivity (Wildman–Crippen MR) is 81.2 cm³/mol. The van der Waals surface area contributed by atoms with E-state index in [0.717, 1.165) is 31.3 Å². The van der Waals surface area contributed by atoms with Gasteiger partial charge in [-0.3, -0.25) is 11.3 Å². The van der Waals surface area contributed by atoms with Gasteiger partial charge in [0.25, 0.3) is 0 Å². The molecule has 1 atom stereocenters. The minimum Gasteiger partial charge on any atom is -0.381 e. The molecule has 0 saturated carbocycles. The normalized spacial score (nSPS) is 18.4. The van der Waals surface area contributed by atoms with Crippen molar-refractivity contribution in [2.45, 2.75) is 37.1 Å². The largest absolute Gasteiger partial charge is 0.381 e. The number of rotatable bonds is 6. The van der Waals surface area contributed by atoms with Crippen molar-refractivity contribution in [3.05, 3.63) is 29.8 Å². The molecule has 1 unspecified atom stereocenters. The van der Waals surface area contributed by atoms with E-state index in [1.807, 2.05) is 11.8 Å². The molecule has 1 heterocycles. The van der Waals surface area contributed by atoms with Crippen molar-refractivity contribution in [2.24, 2.45) is 11.8 Å². The third-order valence-electron chi connectivity index (χ3n) is 3.67. The van der Waals surface area contributed by atoms with E-state index in [4.69, 9.17) is 10.6 Å². The van der Waals surface area contributed by atoms with Crippen LogP contribution in [0, 0.1) is 12.8 Å². The Morgan fingerprint density at radius 1 is 1.32 bits per heavy atom. The first kappa shape index (κ1) is 14.9. The van der Waals surface area contributed by atoms with Crippen molar-refractivity contribution in [1.82, 2.24) is 5.43 Å². The second kappa shape index (κ2) is 7.90. The number of aryl methyl sites for hydroxylation is 1. The third-order valence-corrected chi connectivity index (χ3v) is 4.84. The molecule has 0 spiro atoms. The number of hydrogen-bond acceptors (Lipinski definition) is 4. The number of thioether (sulfide) groups is 1. The topological polar surface area (TPSA) is 47.3 Å². The lowest BCUT2D eigenvalue weighted by atomic mass is 9.93. The van der Waals surface area contributed by atoms with Crippen LogP contribution in [-0.2, 0) is 4.74 Å². The van der Waals surface area contributed by atoms with Crippen LogP contribution in [-0.4, -0.2) is 25.0 Å². The van der Waals surface area contributed by atoms with Crippen molar-refractivity contribution in [3.8, 4) is 0 Å². The van der Waals surface area contributed by atoms with Crippen LogP contribution in [0.3, 0.4) is 0 Å². The minimum atomic E-state index is 0.384. The Morgan fingerprint density at radius 3 is 2.63 bits per heavy atom. The van der Waals surface area contributed by atoms with Gasteiger partial charge < -0.3 is 4.74 Å². The molecular weight excluding hydrogens is 256 g/mol. The number of hydrogen-bond donors (Lipinski definition) is 2. The van der Waals surface area contributed by atoms with Crippen LogP contribution < -0.4 is 11.3 Å². The average molecular weight is 280 g/mol. The van der Waals surface area contributed by atoms with Crippen LogP contribution in [0.15, 0.2) is 29.2 Å². The van der Waals surface area contributed by atoms with E-state index in [9.17, 15) is 0 Å². The number of nitrogens with one attached hydrogen (secondary N) is 1. The van der Waals surface area contributed by atoms with E-state index in [2.05, 4.69) is 36.6 Å². The first-order chi connectivity index (χ1) is 9.28. The van der Waals surface area contributed by atoms with E-state index in [0.29, 0.717) is 6.04 Å². The summed E-state index contributed by atoms with van der Waals surface area (Å²) in [6.45, 7) is 3.93. The molecule has 0 radical (unpaired) electrons. The Labute approximate surface area is 120 Å². The van der Waals surface area contributed by atoms with Crippen molar-refractivity contribution in [2.75, 3.05) is 19.0 Å². The molecule has 1 fully saturated rings. The van der Waals surface area contributed by atoms with Gasteiger partial charge in [0.15, 0.2) is 0 Å². The van der Waals surface area contributed by atoms with E-state index >= 15 is 0 Å². The summed E-state index contributed by atoms with van der Waals surface area (Å²) in [4.78, 5) is 1.32. The zero-order chi connectivity index (χ0) is 13.5. The fraction of sp³-hybridized carbons (Fsp3) is 0.600. The molecule has 1 aliphatic rings. The Kier molecular flexibility index (Phi) is 6.17. The minimum absolute atomic E-state index is 0.384. The van der Waals surface area contributed by atoms with Gasteiger partial charge in [0.1, 0.15) is 0 Å². The standard InChI is InChI=1S/C15H24N2OS/c1-12-2-4-15(5-3-12)19-11-14(17-16)10-13-6-8-18-9-7-13/h2-5,13-14,17H,6-11,16H2,1H3. The van der Waals surface area contributed by atoms with Crippen LogP contribution in [0.25, 0.3) is 0 Å². The molecule has 2 rings (SSSR count). The predicted octanol–water partition coefficient (Wildman–Crippen LogP) is 2.74. The molecule has 3 N–H and O–H groups in total. The molecule has 1 aromatic rings. The zero-order valence-corrected chi connectivity index (χ0v) is 12.4. The highest BCUT2D eigenvalue weighted by Crippen LogP contribution is 2.24. The second-order valence-corrected chi connectivity index (χ2v) is 6.37. The van der Waals surface area contributed by atoms with Crippen molar-refractivity contribution in [3.63, 3.8) is 0 Å². The molecule has 0 aromatic heterocycles. The summed E-state index contributed by atoms with van der Waals surface area (Å²) in [6.07, 6.45) is 3.50. The second-order valence-electron chi connectivity index (χ2n) is 5.28. The van der Waals surface area contributed by atoms with Gasteiger partial charge in [-0.15, -0.1) is 11.8 Å². The number of benzene rings is 1. The van der Waals surface area contributed by atoms with Gasteiger partial charge in [0.2, 0.25) is 0 Å². The highest BCUT2D eigenvalue weighted by molar-refractivity contribution is 7.99. The maximum absolute atomic E-state index is 5.68. The van der Waals surface area contributed by atoms with E-state index in [-0.39, 0.29) is 0 Å². The lowest BCUT2D eigenvalue weighted by Gasteiger charge is -2.26. The number of nitrogens with two attached hydrogens (primary N) is 1. The molecule has 4 heteroatoms. The number of ether oxygens (including phenoxy) is 1. The molecule has 3 nitrogen and oxygen atoms in total. The van der Waals surface area contributed by atoms with E-state index in [1.54, 1.807) is 0 Å². The van der Waals surface area contributed by atoms with Crippen LogP contribution in [0.5, 0.6) is 0 Å². The molecule has 1 aromatic carbocycles. The summed E-state index contributed by atoms with van der Waals surface area (Å²) in [7, 11) is 0.